The van der Waals surface area contributed by atoms with E-state index in [1.54, 1.807) is 0 Å². The molecule has 0 aliphatic carbocycles. The number of rotatable bonds is 2. The molecule has 0 amide bonds. The van der Waals surface area contributed by atoms with E-state index in [1.807, 2.05) is 0 Å². The minimum atomic E-state index is 0.00287. The van der Waals surface area contributed by atoms with Gasteiger partial charge in [0, 0.05) is 6.61 Å². The molecule has 1 aliphatic heterocycles. The molecule has 1 saturated heterocycles. The first-order valence-corrected chi connectivity index (χ1v) is 6.36. The number of halogens is 1. The van der Waals surface area contributed by atoms with Crippen molar-refractivity contribution in [2.24, 2.45) is 0 Å². The number of hydrogen-bond acceptors (Lipinski definition) is 1. The molecule has 2 atom stereocenters. The van der Waals surface area contributed by atoms with Crippen molar-refractivity contribution < 1.29 is 4.74 Å². The molecule has 1 aromatic rings. The lowest BCUT2D eigenvalue weighted by Crippen LogP contribution is -2.15. The van der Waals surface area contributed by atoms with Crippen LogP contribution in [0.25, 0.3) is 0 Å². The SMILES string of the molecule is Cc1cc(C)c(C(Cl)C2CCCO2)c(C)c1. The average molecular weight is 239 g/mol. The lowest BCUT2D eigenvalue weighted by atomic mass is 9.94. The third kappa shape index (κ3) is 2.26. The van der Waals surface area contributed by atoms with E-state index < -0.39 is 0 Å². The van der Waals surface area contributed by atoms with E-state index in [0.29, 0.717) is 0 Å². The molecular weight excluding hydrogens is 220 g/mol. The molecule has 1 aromatic carbocycles. The maximum absolute atomic E-state index is 6.55. The van der Waals surface area contributed by atoms with Gasteiger partial charge in [-0.25, -0.2) is 0 Å². The van der Waals surface area contributed by atoms with E-state index in [4.69, 9.17) is 16.3 Å². The largest absolute Gasteiger partial charge is 0.376 e. The van der Waals surface area contributed by atoms with Gasteiger partial charge in [0.15, 0.2) is 0 Å². The maximum atomic E-state index is 6.55. The first-order valence-electron chi connectivity index (χ1n) is 5.93. The number of hydrogen-bond donors (Lipinski definition) is 0. The maximum Gasteiger partial charge on any atom is 0.0852 e. The van der Waals surface area contributed by atoms with Crippen LogP contribution in [-0.4, -0.2) is 12.7 Å². The summed E-state index contributed by atoms with van der Waals surface area (Å²) in [7, 11) is 0. The Bertz CT molecular complexity index is 357. The Kier molecular flexibility index (Phi) is 3.56. The van der Waals surface area contributed by atoms with E-state index in [2.05, 4.69) is 32.9 Å². The van der Waals surface area contributed by atoms with E-state index in [9.17, 15) is 0 Å². The Morgan fingerprint density at radius 2 is 1.88 bits per heavy atom. The van der Waals surface area contributed by atoms with Crippen LogP contribution in [0.15, 0.2) is 12.1 Å². The summed E-state index contributed by atoms with van der Waals surface area (Å²) in [6.07, 6.45) is 2.42. The van der Waals surface area contributed by atoms with Crippen molar-refractivity contribution in [1.29, 1.82) is 0 Å². The highest BCUT2D eigenvalue weighted by atomic mass is 35.5. The summed E-state index contributed by atoms with van der Waals surface area (Å²) in [5.74, 6) is 0. The third-order valence-corrected chi connectivity index (χ3v) is 3.80. The van der Waals surface area contributed by atoms with Gasteiger partial charge in [-0.15, -0.1) is 11.6 Å². The Morgan fingerprint density at radius 1 is 1.25 bits per heavy atom. The van der Waals surface area contributed by atoms with Crippen molar-refractivity contribution in [2.45, 2.75) is 45.1 Å². The summed E-state index contributed by atoms with van der Waals surface area (Å²) in [5, 5.41) is 0.00287. The third-order valence-electron chi connectivity index (χ3n) is 3.31. The summed E-state index contributed by atoms with van der Waals surface area (Å²) in [6.45, 7) is 7.26. The number of alkyl halides is 1. The fourth-order valence-corrected chi connectivity index (χ4v) is 3.19. The Balaban J connectivity index is 2.31. The van der Waals surface area contributed by atoms with Crippen LogP contribution in [0.3, 0.4) is 0 Å². The molecule has 0 saturated carbocycles. The van der Waals surface area contributed by atoms with Gasteiger partial charge in [0.1, 0.15) is 0 Å². The molecule has 1 nitrogen and oxygen atoms in total. The van der Waals surface area contributed by atoms with Crippen molar-refractivity contribution in [2.75, 3.05) is 6.61 Å². The highest BCUT2D eigenvalue weighted by molar-refractivity contribution is 6.21. The van der Waals surface area contributed by atoms with Gasteiger partial charge in [-0.1, -0.05) is 17.7 Å². The molecule has 0 spiro atoms. The van der Waals surface area contributed by atoms with Gasteiger partial charge in [-0.2, -0.15) is 0 Å². The zero-order chi connectivity index (χ0) is 11.7. The zero-order valence-corrected chi connectivity index (χ0v) is 11.0. The van der Waals surface area contributed by atoms with Crippen molar-refractivity contribution in [3.8, 4) is 0 Å². The predicted octanol–water partition coefficient (Wildman–Crippen LogP) is 4.07. The van der Waals surface area contributed by atoms with Crippen LogP contribution < -0.4 is 0 Å². The van der Waals surface area contributed by atoms with Crippen LogP contribution in [0, 0.1) is 20.8 Å². The molecule has 16 heavy (non-hydrogen) atoms. The van der Waals surface area contributed by atoms with Crippen LogP contribution >= 0.6 is 11.6 Å². The molecular formula is C14H19ClO. The molecule has 2 heteroatoms. The van der Waals surface area contributed by atoms with E-state index in [1.165, 1.54) is 22.3 Å². The van der Waals surface area contributed by atoms with Crippen molar-refractivity contribution >= 4 is 11.6 Å². The summed E-state index contributed by atoms with van der Waals surface area (Å²) in [5.41, 5.74) is 5.13. The second kappa shape index (κ2) is 4.77. The quantitative estimate of drug-likeness (QED) is 0.706. The Morgan fingerprint density at radius 3 is 2.38 bits per heavy atom. The molecule has 2 rings (SSSR count). The summed E-state index contributed by atoms with van der Waals surface area (Å²) in [4.78, 5) is 0. The second-order valence-electron chi connectivity index (χ2n) is 4.77. The highest BCUT2D eigenvalue weighted by Crippen LogP contribution is 2.36. The van der Waals surface area contributed by atoms with Crippen LogP contribution in [0.2, 0.25) is 0 Å². The van der Waals surface area contributed by atoms with Gasteiger partial charge >= 0.3 is 0 Å². The molecule has 1 aliphatic rings. The van der Waals surface area contributed by atoms with Gasteiger partial charge in [0.25, 0.3) is 0 Å². The summed E-state index contributed by atoms with van der Waals surface area (Å²) >= 11 is 6.55. The zero-order valence-electron chi connectivity index (χ0n) is 10.2. The van der Waals surface area contributed by atoms with Crippen molar-refractivity contribution in [3.05, 3.63) is 34.4 Å². The number of ether oxygens (including phenoxy) is 1. The van der Waals surface area contributed by atoms with E-state index in [0.717, 1.165) is 19.4 Å². The minimum Gasteiger partial charge on any atom is -0.376 e. The van der Waals surface area contributed by atoms with Crippen LogP contribution in [0.5, 0.6) is 0 Å². The molecule has 1 heterocycles. The van der Waals surface area contributed by atoms with Gasteiger partial charge in [0.2, 0.25) is 0 Å². The molecule has 0 N–H and O–H groups in total. The van der Waals surface area contributed by atoms with Crippen LogP contribution in [-0.2, 0) is 4.74 Å². The molecule has 2 unspecified atom stereocenters. The standard InChI is InChI=1S/C14H19ClO/c1-9-7-10(2)13(11(3)8-9)14(15)12-5-4-6-16-12/h7-8,12,14H,4-6H2,1-3H3. The second-order valence-corrected chi connectivity index (χ2v) is 5.24. The van der Waals surface area contributed by atoms with E-state index >= 15 is 0 Å². The molecule has 0 aromatic heterocycles. The van der Waals surface area contributed by atoms with Gasteiger partial charge in [0.05, 0.1) is 11.5 Å². The monoisotopic (exact) mass is 238 g/mol. The molecule has 1 fully saturated rings. The molecule has 0 bridgehead atoms. The lowest BCUT2D eigenvalue weighted by molar-refractivity contribution is 0.107. The fourth-order valence-electron chi connectivity index (χ4n) is 2.65. The van der Waals surface area contributed by atoms with Crippen LogP contribution in [0.1, 0.15) is 40.5 Å². The summed E-state index contributed by atoms with van der Waals surface area (Å²) in [6, 6.07) is 4.40. The fraction of sp³-hybridized carbons (Fsp3) is 0.571. The molecule has 0 radical (unpaired) electrons. The first kappa shape index (κ1) is 11.9. The lowest BCUT2D eigenvalue weighted by Gasteiger charge is -2.21. The topological polar surface area (TPSA) is 9.23 Å². The van der Waals surface area contributed by atoms with Crippen molar-refractivity contribution in [3.63, 3.8) is 0 Å². The van der Waals surface area contributed by atoms with Crippen LogP contribution in [0.4, 0.5) is 0 Å². The minimum absolute atomic E-state index is 0.00287. The average Bonchev–Trinajstić information content (AvgIpc) is 2.67. The van der Waals surface area contributed by atoms with E-state index in [-0.39, 0.29) is 11.5 Å². The first-order chi connectivity index (χ1) is 7.59. The van der Waals surface area contributed by atoms with Gasteiger partial charge in [-0.3, -0.25) is 0 Å². The normalized spacial score (nSPS) is 22.4. The highest BCUT2D eigenvalue weighted by Gasteiger charge is 2.27. The number of aryl methyl sites for hydroxylation is 3. The van der Waals surface area contributed by atoms with Gasteiger partial charge in [-0.05, 0) is 50.3 Å². The number of benzene rings is 1. The van der Waals surface area contributed by atoms with Gasteiger partial charge < -0.3 is 4.74 Å². The molecule has 88 valence electrons. The predicted molar refractivity (Wildman–Crippen MR) is 68.2 cm³/mol. The Hall–Kier alpha value is -0.530. The smallest absolute Gasteiger partial charge is 0.0852 e. The Labute approximate surface area is 103 Å². The van der Waals surface area contributed by atoms with Crippen molar-refractivity contribution in [1.82, 2.24) is 0 Å². The summed E-state index contributed by atoms with van der Waals surface area (Å²) < 4.78 is 5.68.